The number of fused-ring (bicyclic) bond motifs is 1. The van der Waals surface area contributed by atoms with Crippen molar-refractivity contribution in [1.29, 1.82) is 0 Å². The van der Waals surface area contributed by atoms with Gasteiger partial charge in [0.1, 0.15) is 11.9 Å². The molecule has 45 heavy (non-hydrogen) atoms. The summed E-state index contributed by atoms with van der Waals surface area (Å²) < 4.78 is 18.0. The summed E-state index contributed by atoms with van der Waals surface area (Å²) in [4.78, 5) is 29.7. The van der Waals surface area contributed by atoms with E-state index in [-0.39, 0.29) is 5.78 Å². The number of hydrogen-bond acceptors (Lipinski definition) is 8. The molecule has 7 rings (SSSR count). The number of carbonyl (C=O) groups is 1. The van der Waals surface area contributed by atoms with Gasteiger partial charge in [0.25, 0.3) is 0 Å². The summed E-state index contributed by atoms with van der Waals surface area (Å²) in [5.74, 6) is 1.53. The summed E-state index contributed by atoms with van der Waals surface area (Å²) in [6.45, 7) is 13.2. The lowest BCUT2D eigenvalue weighted by Crippen LogP contribution is -2.37. The van der Waals surface area contributed by atoms with E-state index in [4.69, 9.17) is 19.2 Å². The minimum atomic E-state index is -0.743. The van der Waals surface area contributed by atoms with Crippen LogP contribution in [0.1, 0.15) is 50.5 Å². The van der Waals surface area contributed by atoms with Gasteiger partial charge in [-0.3, -0.25) is 9.78 Å². The topological polar surface area (TPSA) is 86.7 Å². The molecule has 0 radical (unpaired) electrons. The zero-order chi connectivity index (χ0) is 31.3. The third-order valence-corrected chi connectivity index (χ3v) is 8.59. The molecule has 0 aliphatic carbocycles. The van der Waals surface area contributed by atoms with Crippen molar-refractivity contribution in [2.75, 3.05) is 37.8 Å². The molecule has 2 aliphatic rings. The SMILES string of the molecule is CC(=O)C(OC(C)(C)C)c1c(C)cc2cc(-c3cnc(N4CCOCC4)nc3)ccc2c1-c1ccc2c3c(ccnc13)CCO2. The van der Waals surface area contributed by atoms with Crippen molar-refractivity contribution in [2.24, 2.45) is 0 Å². The van der Waals surface area contributed by atoms with E-state index in [2.05, 4.69) is 58.2 Å². The van der Waals surface area contributed by atoms with Crippen LogP contribution < -0.4 is 9.64 Å². The van der Waals surface area contributed by atoms with Crippen LogP contribution in [0.15, 0.2) is 61.1 Å². The Morgan fingerprint density at radius 1 is 0.956 bits per heavy atom. The van der Waals surface area contributed by atoms with E-state index in [1.54, 1.807) is 6.92 Å². The molecule has 1 atom stereocenters. The lowest BCUT2D eigenvalue weighted by molar-refractivity contribution is -0.138. The van der Waals surface area contributed by atoms with Gasteiger partial charge in [-0.15, -0.1) is 0 Å². The lowest BCUT2D eigenvalue weighted by atomic mass is 9.84. The highest BCUT2D eigenvalue weighted by molar-refractivity contribution is 6.09. The van der Waals surface area contributed by atoms with Gasteiger partial charge in [0, 0.05) is 54.6 Å². The maximum absolute atomic E-state index is 13.3. The van der Waals surface area contributed by atoms with Gasteiger partial charge in [-0.1, -0.05) is 18.2 Å². The summed E-state index contributed by atoms with van der Waals surface area (Å²) in [6, 6.07) is 14.8. The number of carbonyl (C=O) groups excluding carboxylic acids is 1. The Morgan fingerprint density at radius 2 is 1.73 bits per heavy atom. The van der Waals surface area contributed by atoms with Crippen molar-refractivity contribution < 1.29 is 19.0 Å². The fraction of sp³-hybridized carbons (Fsp3) is 0.351. The Balaban J connectivity index is 1.43. The molecule has 0 saturated carbocycles. The lowest BCUT2D eigenvalue weighted by Gasteiger charge is -2.30. The molecule has 0 bridgehead atoms. The second kappa shape index (κ2) is 11.5. The van der Waals surface area contributed by atoms with Gasteiger partial charge in [0.15, 0.2) is 5.78 Å². The van der Waals surface area contributed by atoms with Crippen molar-refractivity contribution >= 4 is 33.4 Å². The monoisotopic (exact) mass is 602 g/mol. The third-order valence-electron chi connectivity index (χ3n) is 8.59. The van der Waals surface area contributed by atoms with Crippen molar-refractivity contribution in [2.45, 2.75) is 52.7 Å². The first-order valence-corrected chi connectivity index (χ1v) is 15.6. The van der Waals surface area contributed by atoms with Crippen LogP contribution in [0, 0.1) is 6.92 Å². The highest BCUT2D eigenvalue weighted by Crippen LogP contribution is 2.45. The number of benzene rings is 3. The number of morpholine rings is 1. The number of rotatable bonds is 6. The molecule has 4 heterocycles. The summed E-state index contributed by atoms with van der Waals surface area (Å²) in [5, 5.41) is 3.11. The number of aromatic nitrogens is 3. The first-order chi connectivity index (χ1) is 21.7. The standard InChI is InChI=1S/C37H38N4O4/c1-22-18-26-19-25(27-20-39-36(40-21-27)41-13-16-43-17-14-41)6-7-28(26)33(31(22)35(23(2)42)45-37(3,4)5)29-8-9-30-32-24(11-15-44-30)10-12-38-34(29)32/h6-10,12,18-21,35H,11,13-17H2,1-5H3. The summed E-state index contributed by atoms with van der Waals surface area (Å²) in [7, 11) is 0. The van der Waals surface area contributed by atoms with Gasteiger partial charge in [-0.2, -0.15) is 0 Å². The molecule has 2 aromatic heterocycles. The van der Waals surface area contributed by atoms with E-state index in [0.717, 1.165) is 86.3 Å². The predicted octanol–water partition coefficient (Wildman–Crippen LogP) is 7.04. The first kappa shape index (κ1) is 29.3. The van der Waals surface area contributed by atoms with Crippen molar-refractivity contribution in [1.82, 2.24) is 15.0 Å². The van der Waals surface area contributed by atoms with Gasteiger partial charge >= 0.3 is 0 Å². The minimum absolute atomic E-state index is 0.0400. The van der Waals surface area contributed by atoms with Gasteiger partial charge in [-0.05, 0) is 97.5 Å². The Kier molecular flexibility index (Phi) is 7.50. The number of hydrogen-bond donors (Lipinski definition) is 0. The van der Waals surface area contributed by atoms with E-state index in [9.17, 15) is 4.79 Å². The van der Waals surface area contributed by atoms with Crippen LogP contribution in [-0.4, -0.2) is 59.2 Å². The number of aryl methyl sites for hydroxylation is 1. The van der Waals surface area contributed by atoms with E-state index in [0.29, 0.717) is 19.8 Å². The minimum Gasteiger partial charge on any atom is -0.493 e. The fourth-order valence-corrected chi connectivity index (χ4v) is 6.57. The van der Waals surface area contributed by atoms with Crippen molar-refractivity contribution in [3.8, 4) is 28.0 Å². The molecule has 2 aliphatic heterocycles. The number of Topliss-reactive ketones (excluding diaryl/α,β-unsaturated/α-hetero) is 1. The van der Waals surface area contributed by atoms with Crippen molar-refractivity contribution in [3.05, 3.63) is 77.7 Å². The highest BCUT2D eigenvalue weighted by Gasteiger charge is 2.31. The number of ketones is 1. The van der Waals surface area contributed by atoms with Crippen LogP contribution in [0.4, 0.5) is 5.95 Å². The quantitative estimate of drug-likeness (QED) is 0.205. The van der Waals surface area contributed by atoms with E-state index >= 15 is 0 Å². The molecule has 3 aromatic carbocycles. The van der Waals surface area contributed by atoms with Crippen LogP contribution in [0.25, 0.3) is 43.9 Å². The molecule has 1 fully saturated rings. The van der Waals surface area contributed by atoms with Crippen LogP contribution >= 0.6 is 0 Å². The Morgan fingerprint density at radius 3 is 2.47 bits per heavy atom. The molecular weight excluding hydrogens is 564 g/mol. The third kappa shape index (κ3) is 5.53. The predicted molar refractivity (Wildman–Crippen MR) is 177 cm³/mol. The van der Waals surface area contributed by atoms with Crippen LogP contribution in [0.5, 0.6) is 5.75 Å². The Bertz CT molecular complexity index is 1910. The normalized spacial score (nSPS) is 15.7. The van der Waals surface area contributed by atoms with Crippen LogP contribution in [-0.2, 0) is 20.7 Å². The molecule has 0 spiro atoms. The van der Waals surface area contributed by atoms with E-state index in [1.165, 1.54) is 5.56 Å². The molecular formula is C37H38N4O4. The molecule has 8 nitrogen and oxygen atoms in total. The summed E-state index contributed by atoms with van der Waals surface area (Å²) in [6.07, 6.45) is 5.74. The number of ether oxygens (including phenoxy) is 3. The maximum atomic E-state index is 13.3. The maximum Gasteiger partial charge on any atom is 0.225 e. The van der Waals surface area contributed by atoms with E-state index in [1.807, 2.05) is 45.4 Å². The Labute approximate surface area is 263 Å². The van der Waals surface area contributed by atoms with Crippen LogP contribution in [0.2, 0.25) is 0 Å². The second-order valence-electron chi connectivity index (χ2n) is 12.9. The Hall–Kier alpha value is -4.40. The zero-order valence-corrected chi connectivity index (χ0v) is 26.5. The van der Waals surface area contributed by atoms with Gasteiger partial charge in [0.2, 0.25) is 5.95 Å². The fourth-order valence-electron chi connectivity index (χ4n) is 6.57. The summed E-state index contributed by atoms with van der Waals surface area (Å²) >= 11 is 0. The molecule has 230 valence electrons. The van der Waals surface area contributed by atoms with Gasteiger partial charge < -0.3 is 19.1 Å². The highest BCUT2D eigenvalue weighted by atomic mass is 16.5. The molecule has 0 amide bonds. The summed E-state index contributed by atoms with van der Waals surface area (Å²) in [5.41, 5.74) is 7.29. The number of anilines is 1. The smallest absolute Gasteiger partial charge is 0.225 e. The largest absolute Gasteiger partial charge is 0.493 e. The average molecular weight is 603 g/mol. The van der Waals surface area contributed by atoms with Gasteiger partial charge in [0.05, 0.1) is 30.9 Å². The number of nitrogens with zero attached hydrogens (tertiary/aromatic N) is 4. The number of pyridine rings is 1. The first-order valence-electron chi connectivity index (χ1n) is 15.6. The molecule has 5 aromatic rings. The average Bonchev–Trinajstić information content (AvgIpc) is 3.03. The van der Waals surface area contributed by atoms with Crippen molar-refractivity contribution in [3.63, 3.8) is 0 Å². The molecule has 1 saturated heterocycles. The second-order valence-corrected chi connectivity index (χ2v) is 12.9. The zero-order valence-electron chi connectivity index (χ0n) is 26.5. The van der Waals surface area contributed by atoms with Gasteiger partial charge in [-0.25, -0.2) is 9.97 Å². The molecule has 0 N–H and O–H groups in total. The van der Waals surface area contributed by atoms with E-state index < -0.39 is 11.7 Å². The molecule has 1 unspecified atom stereocenters. The molecule has 8 heteroatoms. The van der Waals surface area contributed by atoms with Crippen LogP contribution in [0.3, 0.4) is 0 Å².